The van der Waals surface area contributed by atoms with Crippen LogP contribution in [0.25, 0.3) is 0 Å². The summed E-state index contributed by atoms with van der Waals surface area (Å²) in [6, 6.07) is 9.40. The van der Waals surface area contributed by atoms with Crippen LogP contribution in [0.15, 0.2) is 36.4 Å². The Kier molecular flexibility index (Phi) is 10.1. The van der Waals surface area contributed by atoms with Crippen molar-refractivity contribution in [3.05, 3.63) is 52.0 Å². The lowest BCUT2D eigenvalue weighted by Crippen LogP contribution is -2.51. The zero-order valence-corrected chi connectivity index (χ0v) is 25.0. The molecule has 2 amide bonds. The first-order valence-electron chi connectivity index (χ1n) is 13.5. The summed E-state index contributed by atoms with van der Waals surface area (Å²) in [7, 11) is -3.65. The van der Waals surface area contributed by atoms with E-state index in [1.165, 1.54) is 9.21 Å². The number of sulfonamides is 1. The maximum absolute atomic E-state index is 13.7. The highest BCUT2D eigenvalue weighted by Crippen LogP contribution is 2.36. The Morgan fingerprint density at radius 1 is 1.07 bits per heavy atom. The average Bonchev–Trinajstić information content (AvgIpc) is 3.59. The highest BCUT2D eigenvalue weighted by Gasteiger charge is 2.31. The molecule has 0 aromatic heterocycles. The van der Waals surface area contributed by atoms with E-state index in [9.17, 15) is 18.0 Å². The number of fused-ring (bicyclic) bond motifs is 1. The fraction of sp³-hybridized carbons (Fsp3) is 0.500. The molecule has 2 aliphatic rings. The van der Waals surface area contributed by atoms with Crippen LogP contribution in [0.5, 0.6) is 11.5 Å². The van der Waals surface area contributed by atoms with Gasteiger partial charge < -0.3 is 19.7 Å². The van der Waals surface area contributed by atoms with Gasteiger partial charge in [0.1, 0.15) is 6.04 Å². The molecule has 1 aliphatic carbocycles. The Morgan fingerprint density at radius 2 is 1.75 bits per heavy atom. The molecule has 218 valence electrons. The number of nitrogens with zero attached hydrogens (tertiary/aromatic N) is 2. The minimum absolute atomic E-state index is 0.0197. The first kappa shape index (κ1) is 30.3. The first-order chi connectivity index (χ1) is 19.1. The van der Waals surface area contributed by atoms with Gasteiger partial charge in [0.2, 0.25) is 28.6 Å². The molecule has 0 radical (unpaired) electrons. The van der Waals surface area contributed by atoms with Crippen molar-refractivity contribution in [2.45, 2.75) is 70.5 Å². The van der Waals surface area contributed by atoms with E-state index in [-0.39, 0.29) is 50.6 Å². The number of nitrogens with one attached hydrogen (secondary N) is 1. The fourth-order valence-corrected chi connectivity index (χ4v) is 6.66. The predicted octanol–water partition coefficient (Wildman–Crippen LogP) is 5.13. The van der Waals surface area contributed by atoms with Crippen molar-refractivity contribution in [3.8, 4) is 11.5 Å². The number of benzene rings is 2. The Bertz CT molecular complexity index is 1310. The maximum Gasteiger partial charge on any atom is 0.243 e. The summed E-state index contributed by atoms with van der Waals surface area (Å²) in [6.07, 6.45) is 5.76. The number of amides is 2. The van der Waals surface area contributed by atoms with Gasteiger partial charge in [0.15, 0.2) is 11.5 Å². The first-order valence-corrected chi connectivity index (χ1v) is 16.1. The summed E-state index contributed by atoms with van der Waals surface area (Å²) in [4.78, 5) is 28.6. The molecule has 0 spiro atoms. The third-order valence-corrected chi connectivity index (χ3v) is 9.18. The monoisotopic (exact) mass is 611 g/mol. The van der Waals surface area contributed by atoms with Crippen molar-refractivity contribution in [3.63, 3.8) is 0 Å². The van der Waals surface area contributed by atoms with E-state index in [1.54, 1.807) is 36.4 Å². The van der Waals surface area contributed by atoms with Crippen LogP contribution in [-0.2, 0) is 26.2 Å². The number of hydrogen-bond donors (Lipinski definition) is 1. The highest BCUT2D eigenvalue weighted by atomic mass is 35.5. The standard InChI is InChI=1S/C28H35Cl2N3O6S/c1-3-24(28(35)31-19-8-4-5-9-19)32(17-21-22(29)10-6-11-23(21)30)27(34)12-7-15-33(40(2,36)37)20-13-14-25-26(16-20)39-18-38-25/h6,10-11,13-14,16,19,24H,3-5,7-9,12,15,17-18H2,1-2H3,(H,31,35). The molecule has 2 aromatic carbocycles. The van der Waals surface area contributed by atoms with Crippen molar-refractivity contribution in [2.75, 3.05) is 23.9 Å². The van der Waals surface area contributed by atoms with E-state index >= 15 is 0 Å². The Morgan fingerprint density at radius 3 is 2.40 bits per heavy atom. The lowest BCUT2D eigenvalue weighted by atomic mass is 10.1. The maximum atomic E-state index is 13.7. The van der Waals surface area contributed by atoms with Crippen molar-refractivity contribution < 1.29 is 27.5 Å². The van der Waals surface area contributed by atoms with Gasteiger partial charge in [-0.2, -0.15) is 0 Å². The van der Waals surface area contributed by atoms with Crippen LogP contribution in [0.4, 0.5) is 5.69 Å². The topological polar surface area (TPSA) is 105 Å². The number of rotatable bonds is 12. The van der Waals surface area contributed by atoms with Crippen LogP contribution in [0.1, 0.15) is 57.4 Å². The lowest BCUT2D eigenvalue weighted by molar-refractivity contribution is -0.141. The lowest BCUT2D eigenvalue weighted by Gasteiger charge is -2.32. The van der Waals surface area contributed by atoms with E-state index in [2.05, 4.69) is 5.32 Å². The molecule has 1 unspecified atom stereocenters. The Hall–Kier alpha value is -2.69. The van der Waals surface area contributed by atoms with Crippen molar-refractivity contribution in [1.29, 1.82) is 0 Å². The van der Waals surface area contributed by atoms with Crippen LogP contribution in [-0.4, -0.2) is 56.8 Å². The van der Waals surface area contributed by atoms with Crippen LogP contribution in [0.3, 0.4) is 0 Å². The van der Waals surface area contributed by atoms with Gasteiger partial charge >= 0.3 is 0 Å². The number of anilines is 1. The molecule has 9 nitrogen and oxygen atoms in total. The summed E-state index contributed by atoms with van der Waals surface area (Å²) in [5.74, 6) is 0.513. The highest BCUT2D eigenvalue weighted by molar-refractivity contribution is 7.92. The number of carbonyl (C=O) groups excluding carboxylic acids is 2. The van der Waals surface area contributed by atoms with Crippen LogP contribution < -0.4 is 19.1 Å². The third-order valence-electron chi connectivity index (χ3n) is 7.27. The molecule has 1 fully saturated rings. The minimum Gasteiger partial charge on any atom is -0.454 e. The number of ether oxygens (including phenoxy) is 2. The second kappa shape index (κ2) is 13.3. The SMILES string of the molecule is CCC(C(=O)NC1CCCC1)N(Cc1c(Cl)cccc1Cl)C(=O)CCCN(c1ccc2c(c1)OCO2)S(C)(=O)=O. The molecule has 1 atom stereocenters. The molecule has 0 saturated heterocycles. The molecule has 1 heterocycles. The summed E-state index contributed by atoms with van der Waals surface area (Å²) in [6.45, 7) is 2.06. The van der Waals surface area contributed by atoms with Crippen molar-refractivity contribution >= 4 is 50.7 Å². The quantitative estimate of drug-likeness (QED) is 0.356. The van der Waals surface area contributed by atoms with Crippen LogP contribution in [0, 0.1) is 0 Å². The Labute approximate surface area is 245 Å². The zero-order valence-electron chi connectivity index (χ0n) is 22.7. The van der Waals surface area contributed by atoms with E-state index in [0.717, 1.165) is 31.9 Å². The molecular weight excluding hydrogens is 577 g/mol. The molecule has 1 saturated carbocycles. The zero-order chi connectivity index (χ0) is 28.9. The molecule has 4 rings (SSSR count). The van der Waals surface area contributed by atoms with E-state index in [4.69, 9.17) is 32.7 Å². The van der Waals surface area contributed by atoms with E-state index in [1.807, 2.05) is 6.92 Å². The largest absolute Gasteiger partial charge is 0.454 e. The number of carbonyl (C=O) groups is 2. The van der Waals surface area contributed by atoms with Gasteiger partial charge in [-0.1, -0.05) is 49.0 Å². The third kappa shape index (κ3) is 7.33. The van der Waals surface area contributed by atoms with Gasteiger partial charge in [0.25, 0.3) is 0 Å². The molecule has 2 aromatic rings. The molecule has 40 heavy (non-hydrogen) atoms. The van der Waals surface area contributed by atoms with Gasteiger partial charge in [-0.15, -0.1) is 0 Å². The molecule has 12 heteroatoms. The van der Waals surface area contributed by atoms with Crippen LogP contribution in [0.2, 0.25) is 10.0 Å². The second-order valence-corrected chi connectivity index (χ2v) is 12.8. The fourth-order valence-electron chi connectivity index (χ4n) is 5.19. The van der Waals surface area contributed by atoms with E-state index in [0.29, 0.717) is 39.2 Å². The molecule has 0 bridgehead atoms. The van der Waals surface area contributed by atoms with Gasteiger partial charge in [0.05, 0.1) is 11.9 Å². The minimum atomic E-state index is -3.65. The van der Waals surface area contributed by atoms with Crippen molar-refractivity contribution in [1.82, 2.24) is 10.2 Å². The number of halogens is 2. The summed E-state index contributed by atoms with van der Waals surface area (Å²) in [5.41, 5.74) is 0.978. The normalized spacial score (nSPS) is 15.6. The molecular formula is C28H35Cl2N3O6S. The van der Waals surface area contributed by atoms with Crippen molar-refractivity contribution in [2.24, 2.45) is 0 Å². The van der Waals surface area contributed by atoms with E-state index < -0.39 is 16.1 Å². The average molecular weight is 613 g/mol. The van der Waals surface area contributed by atoms with Gasteiger partial charge in [-0.3, -0.25) is 13.9 Å². The number of hydrogen-bond acceptors (Lipinski definition) is 6. The van der Waals surface area contributed by atoms with Gasteiger partial charge in [-0.25, -0.2) is 8.42 Å². The molecule has 1 N–H and O–H groups in total. The summed E-state index contributed by atoms with van der Waals surface area (Å²) < 4.78 is 37.2. The van der Waals surface area contributed by atoms with Crippen LogP contribution >= 0.6 is 23.2 Å². The summed E-state index contributed by atoms with van der Waals surface area (Å²) in [5, 5.41) is 3.92. The summed E-state index contributed by atoms with van der Waals surface area (Å²) >= 11 is 12.9. The molecule has 1 aliphatic heterocycles. The predicted molar refractivity (Wildman–Crippen MR) is 155 cm³/mol. The van der Waals surface area contributed by atoms with Gasteiger partial charge in [-0.05, 0) is 49.9 Å². The van der Waals surface area contributed by atoms with Gasteiger partial charge in [0, 0.05) is 47.2 Å². The Balaban J connectivity index is 1.51. The smallest absolute Gasteiger partial charge is 0.243 e. The second-order valence-electron chi connectivity index (χ2n) is 10.1.